The molecule has 0 bridgehead atoms. The van der Waals surface area contributed by atoms with Crippen LogP contribution in [0.25, 0.3) is 11.3 Å². The number of benzene rings is 2. The smallest absolute Gasteiger partial charge is 0.408 e. The summed E-state index contributed by atoms with van der Waals surface area (Å²) < 4.78 is 5.21. The molecule has 0 aliphatic heterocycles. The number of aromatic nitrogens is 2. The molecule has 3 amide bonds. The number of carbonyl (C=O) groups excluding carboxylic acids is 2. The lowest BCUT2D eigenvalue weighted by Gasteiger charge is -2.34. The summed E-state index contributed by atoms with van der Waals surface area (Å²) in [6, 6.07) is 21.4. The monoisotopic (exact) mass is 631 g/mol. The summed E-state index contributed by atoms with van der Waals surface area (Å²) in [5, 5.41) is 26.3. The summed E-state index contributed by atoms with van der Waals surface area (Å²) in [6.45, 7) is 1.61. The topological polar surface area (TPSA) is 154 Å². The lowest BCUT2D eigenvalue weighted by molar-refractivity contribution is -0.124. The van der Waals surface area contributed by atoms with Gasteiger partial charge in [-0.05, 0) is 43.0 Å². The zero-order valence-electron chi connectivity index (χ0n) is 25.1. The Balaban J connectivity index is 1.55. The normalized spacial score (nSPS) is 13.6. The van der Waals surface area contributed by atoms with Crippen molar-refractivity contribution in [1.29, 1.82) is 0 Å². The standard InChI is InChI=1S/C33H37N5O6S/c1-22(36-32(41)44-20-26-19-34-21-45-26)31(40)37-30(29(39)15-17-38(2)33(42)43)27(24-8-4-3-5-9-24)18-23-11-13-25(14-12-23)28-10-6-7-16-35-28/h3-14,16,19,21-22,27,29-30,39H,15,17-18,20H2,1-2H3,(H,36,41)(H,37,40)(H,42,43)/t22-,27?,29-,30-/m0/s1. The fraction of sp³-hybridized carbons (Fsp3) is 0.303. The highest BCUT2D eigenvalue weighted by atomic mass is 32.1. The molecule has 0 radical (unpaired) electrons. The number of carbonyl (C=O) groups is 3. The van der Waals surface area contributed by atoms with Gasteiger partial charge in [-0.2, -0.15) is 0 Å². The number of hydrogen-bond donors (Lipinski definition) is 4. The lowest BCUT2D eigenvalue weighted by Crippen LogP contribution is -2.54. The Morgan fingerprint density at radius 2 is 1.73 bits per heavy atom. The molecule has 4 aromatic rings. The van der Waals surface area contributed by atoms with Crippen LogP contribution in [0.15, 0.2) is 90.7 Å². The number of hydrogen-bond acceptors (Lipinski definition) is 8. The summed E-state index contributed by atoms with van der Waals surface area (Å²) in [4.78, 5) is 47.5. The molecule has 2 aromatic heterocycles. The van der Waals surface area contributed by atoms with E-state index >= 15 is 0 Å². The number of alkyl carbamates (subject to hydrolysis) is 1. The first-order valence-corrected chi connectivity index (χ1v) is 15.4. The van der Waals surface area contributed by atoms with Crippen molar-refractivity contribution < 1.29 is 29.3 Å². The van der Waals surface area contributed by atoms with Crippen LogP contribution in [0.4, 0.5) is 9.59 Å². The second-order valence-corrected chi connectivity index (χ2v) is 11.6. The Morgan fingerprint density at radius 3 is 2.38 bits per heavy atom. The molecule has 11 nitrogen and oxygen atoms in total. The van der Waals surface area contributed by atoms with Gasteiger partial charge in [0, 0.05) is 37.5 Å². The Morgan fingerprint density at radius 1 is 1.00 bits per heavy atom. The average molecular weight is 632 g/mol. The zero-order valence-corrected chi connectivity index (χ0v) is 25.9. The predicted molar refractivity (Wildman–Crippen MR) is 171 cm³/mol. The van der Waals surface area contributed by atoms with Gasteiger partial charge in [-0.25, -0.2) is 9.59 Å². The van der Waals surface area contributed by atoms with Gasteiger partial charge in [0.2, 0.25) is 5.91 Å². The molecule has 0 spiro atoms. The third-order valence-electron chi connectivity index (χ3n) is 7.40. The number of amides is 3. The van der Waals surface area contributed by atoms with Gasteiger partial charge in [0.15, 0.2) is 0 Å². The van der Waals surface area contributed by atoms with E-state index < -0.39 is 42.2 Å². The third kappa shape index (κ3) is 9.85. The van der Waals surface area contributed by atoms with E-state index in [4.69, 9.17) is 4.74 Å². The number of nitrogens with one attached hydrogen (secondary N) is 2. The van der Waals surface area contributed by atoms with Crippen LogP contribution < -0.4 is 10.6 Å². The van der Waals surface area contributed by atoms with Crippen LogP contribution in [0.3, 0.4) is 0 Å². The first-order chi connectivity index (χ1) is 21.7. The maximum absolute atomic E-state index is 13.5. The minimum Gasteiger partial charge on any atom is -0.465 e. The van der Waals surface area contributed by atoms with Gasteiger partial charge in [0.25, 0.3) is 0 Å². The molecule has 45 heavy (non-hydrogen) atoms. The van der Waals surface area contributed by atoms with Crippen LogP contribution in [0.1, 0.15) is 35.3 Å². The number of nitrogens with zero attached hydrogens (tertiary/aromatic N) is 3. The van der Waals surface area contributed by atoms with E-state index in [-0.39, 0.29) is 19.6 Å². The van der Waals surface area contributed by atoms with Crippen LogP contribution in [-0.4, -0.2) is 75.0 Å². The van der Waals surface area contributed by atoms with E-state index in [0.717, 1.165) is 32.2 Å². The van der Waals surface area contributed by atoms with Gasteiger partial charge in [-0.3, -0.25) is 14.8 Å². The molecule has 0 saturated carbocycles. The van der Waals surface area contributed by atoms with Crippen LogP contribution in [0.5, 0.6) is 0 Å². The van der Waals surface area contributed by atoms with Gasteiger partial charge >= 0.3 is 12.2 Å². The number of rotatable bonds is 14. The Hall–Kier alpha value is -4.81. The molecule has 0 aliphatic rings. The molecule has 0 fully saturated rings. The summed E-state index contributed by atoms with van der Waals surface area (Å²) >= 11 is 1.34. The first-order valence-electron chi connectivity index (χ1n) is 14.5. The van der Waals surface area contributed by atoms with Crippen LogP contribution in [0.2, 0.25) is 0 Å². The maximum atomic E-state index is 13.5. The number of aliphatic hydroxyl groups is 1. The van der Waals surface area contributed by atoms with Crippen molar-refractivity contribution in [2.24, 2.45) is 0 Å². The van der Waals surface area contributed by atoms with E-state index in [1.165, 1.54) is 25.3 Å². The molecule has 1 unspecified atom stereocenters. The van der Waals surface area contributed by atoms with Crippen molar-refractivity contribution in [3.8, 4) is 11.3 Å². The highest BCUT2D eigenvalue weighted by molar-refractivity contribution is 7.09. The molecule has 2 aromatic carbocycles. The molecule has 0 saturated heterocycles. The van der Waals surface area contributed by atoms with Crippen molar-refractivity contribution in [2.75, 3.05) is 13.6 Å². The molecule has 12 heteroatoms. The number of aliphatic hydroxyl groups excluding tert-OH is 1. The van der Waals surface area contributed by atoms with Gasteiger partial charge < -0.3 is 30.5 Å². The minimum atomic E-state index is -1.12. The predicted octanol–water partition coefficient (Wildman–Crippen LogP) is 4.69. The van der Waals surface area contributed by atoms with Crippen LogP contribution >= 0.6 is 11.3 Å². The molecule has 0 aliphatic carbocycles. The van der Waals surface area contributed by atoms with Crippen molar-refractivity contribution in [1.82, 2.24) is 25.5 Å². The van der Waals surface area contributed by atoms with Crippen LogP contribution in [0, 0.1) is 0 Å². The Bertz CT molecular complexity index is 1510. The SMILES string of the molecule is C[C@H](NC(=O)OCc1cncs1)C(=O)N[C@@H](C(Cc1ccc(-c2ccccn2)cc1)c1ccccc1)[C@@H](O)CCN(C)C(=O)O. The van der Waals surface area contributed by atoms with Crippen molar-refractivity contribution in [3.05, 3.63) is 107 Å². The first kappa shape index (κ1) is 33.1. The van der Waals surface area contributed by atoms with Crippen LogP contribution in [-0.2, 0) is 22.6 Å². The van der Waals surface area contributed by atoms with Gasteiger partial charge in [-0.15, -0.1) is 11.3 Å². The minimum absolute atomic E-state index is 0.0263. The second-order valence-electron chi connectivity index (χ2n) is 10.6. The van der Waals surface area contributed by atoms with Gasteiger partial charge in [-0.1, -0.05) is 60.7 Å². The molecule has 4 rings (SSSR count). The summed E-state index contributed by atoms with van der Waals surface area (Å²) in [5.41, 5.74) is 5.28. The molecular weight excluding hydrogens is 594 g/mol. The van der Waals surface area contributed by atoms with E-state index in [0.29, 0.717) is 6.42 Å². The van der Waals surface area contributed by atoms with Gasteiger partial charge in [0.1, 0.15) is 12.6 Å². The molecule has 236 valence electrons. The fourth-order valence-electron chi connectivity index (χ4n) is 4.84. The molecule has 4 atom stereocenters. The number of pyridine rings is 1. The van der Waals surface area contributed by atoms with Gasteiger partial charge in [0.05, 0.1) is 28.2 Å². The fourth-order valence-corrected chi connectivity index (χ4v) is 5.35. The van der Waals surface area contributed by atoms with E-state index in [1.54, 1.807) is 17.9 Å². The lowest BCUT2D eigenvalue weighted by atomic mass is 9.82. The summed E-state index contributed by atoms with van der Waals surface area (Å²) in [7, 11) is 1.42. The summed E-state index contributed by atoms with van der Waals surface area (Å²) in [6.07, 6.45) is 0.874. The molecular formula is C33H37N5O6S. The number of ether oxygens (including phenoxy) is 1. The summed E-state index contributed by atoms with van der Waals surface area (Å²) in [5.74, 6) is -0.918. The van der Waals surface area contributed by atoms with E-state index in [1.807, 2.05) is 72.8 Å². The Kier molecular flexibility index (Phi) is 12.0. The number of thiazole rings is 1. The second kappa shape index (κ2) is 16.3. The highest BCUT2D eigenvalue weighted by Gasteiger charge is 2.33. The quantitative estimate of drug-likeness (QED) is 0.156. The highest BCUT2D eigenvalue weighted by Crippen LogP contribution is 2.29. The third-order valence-corrected chi connectivity index (χ3v) is 8.15. The average Bonchev–Trinajstić information content (AvgIpc) is 3.59. The van der Waals surface area contributed by atoms with E-state index in [9.17, 15) is 24.6 Å². The maximum Gasteiger partial charge on any atom is 0.408 e. The Labute approximate surface area is 265 Å². The van der Waals surface area contributed by atoms with Crippen molar-refractivity contribution >= 4 is 29.4 Å². The van der Waals surface area contributed by atoms with Crippen molar-refractivity contribution in [2.45, 2.75) is 50.5 Å². The zero-order chi connectivity index (χ0) is 32.2. The van der Waals surface area contributed by atoms with E-state index in [2.05, 4.69) is 20.6 Å². The van der Waals surface area contributed by atoms with Crippen molar-refractivity contribution in [3.63, 3.8) is 0 Å². The number of carboxylic acid groups (broad SMARTS) is 1. The largest absolute Gasteiger partial charge is 0.465 e. The molecule has 2 heterocycles. The molecule has 4 N–H and O–H groups in total.